The second-order valence-electron chi connectivity index (χ2n) is 5.75. The maximum Gasteiger partial charge on any atom is 0.259 e. The molecule has 23 heavy (non-hydrogen) atoms. The summed E-state index contributed by atoms with van der Waals surface area (Å²) in [6.45, 7) is 3.58. The highest BCUT2D eigenvalue weighted by atomic mass is 32.2. The second-order valence-corrected chi connectivity index (χ2v) is 7.06. The monoisotopic (exact) mass is 328 g/mol. The van der Waals surface area contributed by atoms with E-state index in [2.05, 4.69) is 31.2 Å². The van der Waals surface area contributed by atoms with E-state index in [4.69, 9.17) is 0 Å². The van der Waals surface area contributed by atoms with Gasteiger partial charge in [0.25, 0.3) is 5.91 Å². The molecule has 0 spiro atoms. The van der Waals surface area contributed by atoms with Gasteiger partial charge in [-0.2, -0.15) is 16.5 Å². The van der Waals surface area contributed by atoms with E-state index < -0.39 is 0 Å². The fraction of sp³-hybridized carbons (Fsp3) is 0.333. The third-order valence-electron chi connectivity index (χ3n) is 4.19. The van der Waals surface area contributed by atoms with Crippen LogP contribution in [0.5, 0.6) is 0 Å². The molecule has 3 rings (SSSR count). The van der Waals surface area contributed by atoms with Crippen LogP contribution in [0.2, 0.25) is 0 Å². The predicted molar refractivity (Wildman–Crippen MR) is 92.3 cm³/mol. The minimum Gasteiger partial charge on any atom is -0.619 e. The third-order valence-corrected chi connectivity index (χ3v) is 5.50. The van der Waals surface area contributed by atoms with E-state index >= 15 is 0 Å². The maximum atomic E-state index is 12.6. The summed E-state index contributed by atoms with van der Waals surface area (Å²) in [5, 5.41) is 11.8. The van der Waals surface area contributed by atoms with Gasteiger partial charge in [-0.05, 0) is 30.5 Å². The lowest BCUT2D eigenvalue weighted by Gasteiger charge is -2.20. The number of nitrogens with zero attached hydrogens (tertiary/aromatic N) is 2. The minimum absolute atomic E-state index is 0.0544. The van der Waals surface area contributed by atoms with Crippen LogP contribution in [0.4, 0.5) is 0 Å². The Hall–Kier alpha value is -2.01. The third kappa shape index (κ3) is 3.67. The van der Waals surface area contributed by atoms with Gasteiger partial charge in [0.1, 0.15) is 5.56 Å². The number of rotatable bonds is 2. The predicted octanol–water partition coefficient (Wildman–Crippen LogP) is 2.95. The van der Waals surface area contributed by atoms with Crippen molar-refractivity contribution in [3.8, 4) is 0 Å². The van der Waals surface area contributed by atoms with Gasteiger partial charge >= 0.3 is 0 Å². The molecule has 2 heterocycles. The summed E-state index contributed by atoms with van der Waals surface area (Å²) in [4.78, 5) is 14.4. The molecule has 0 radical (unpaired) electrons. The van der Waals surface area contributed by atoms with Crippen molar-refractivity contribution in [1.82, 2.24) is 4.90 Å². The number of benzene rings is 1. The zero-order valence-electron chi connectivity index (χ0n) is 13.1. The van der Waals surface area contributed by atoms with Gasteiger partial charge in [-0.3, -0.25) is 4.79 Å². The van der Waals surface area contributed by atoms with Crippen LogP contribution in [0.15, 0.2) is 48.8 Å². The Morgan fingerprint density at radius 2 is 2.09 bits per heavy atom. The van der Waals surface area contributed by atoms with Gasteiger partial charge in [0.05, 0.1) is 0 Å². The van der Waals surface area contributed by atoms with Gasteiger partial charge in [-0.25, -0.2) is 0 Å². The van der Waals surface area contributed by atoms with Crippen LogP contribution in [-0.2, 0) is 0 Å². The van der Waals surface area contributed by atoms with Crippen molar-refractivity contribution in [1.29, 1.82) is 0 Å². The van der Waals surface area contributed by atoms with Crippen LogP contribution in [0.1, 0.15) is 33.2 Å². The molecule has 1 aromatic carbocycles. The molecule has 5 heteroatoms. The highest BCUT2D eigenvalue weighted by Crippen LogP contribution is 2.36. The molecule has 1 saturated heterocycles. The molecule has 1 amide bonds. The van der Waals surface area contributed by atoms with Crippen molar-refractivity contribution in [2.24, 2.45) is 0 Å². The fourth-order valence-corrected chi connectivity index (χ4v) is 4.26. The number of aromatic nitrogens is 1. The first-order valence-electron chi connectivity index (χ1n) is 7.80. The summed E-state index contributed by atoms with van der Waals surface area (Å²) < 4.78 is 0.677. The fourth-order valence-electron chi connectivity index (χ4n) is 2.93. The van der Waals surface area contributed by atoms with Crippen LogP contribution >= 0.6 is 11.8 Å². The molecule has 1 atom stereocenters. The van der Waals surface area contributed by atoms with Crippen molar-refractivity contribution in [3.05, 3.63) is 70.7 Å². The Bertz CT molecular complexity index is 705. The smallest absolute Gasteiger partial charge is 0.259 e. The number of hydrogen-bond acceptors (Lipinski definition) is 3. The first-order chi connectivity index (χ1) is 11.1. The number of pyridine rings is 1. The molecular formula is C18H20N2O2S. The molecule has 0 aliphatic carbocycles. The highest BCUT2D eigenvalue weighted by molar-refractivity contribution is 7.99. The van der Waals surface area contributed by atoms with E-state index in [9.17, 15) is 10.0 Å². The van der Waals surface area contributed by atoms with Crippen LogP contribution < -0.4 is 4.73 Å². The van der Waals surface area contributed by atoms with Crippen molar-refractivity contribution < 1.29 is 9.52 Å². The van der Waals surface area contributed by atoms with Crippen molar-refractivity contribution in [2.45, 2.75) is 18.6 Å². The molecule has 0 saturated carbocycles. The number of carbonyl (C=O) groups is 1. The molecule has 1 aliphatic rings. The van der Waals surface area contributed by atoms with Crippen molar-refractivity contribution >= 4 is 17.7 Å². The molecular weight excluding hydrogens is 308 g/mol. The average molecular weight is 328 g/mol. The molecule has 1 aromatic heterocycles. The standard InChI is InChI=1S/C18H20N2O2S/c1-14-5-2-3-7-16(14)17-8-10-19(11-12-23-17)18(21)15-6-4-9-20(22)13-15/h2-7,9,13,17H,8,10-12H2,1H3. The summed E-state index contributed by atoms with van der Waals surface area (Å²) in [6, 6.07) is 11.8. The van der Waals surface area contributed by atoms with Crippen LogP contribution in [0.25, 0.3) is 0 Å². The zero-order valence-corrected chi connectivity index (χ0v) is 14.0. The summed E-state index contributed by atoms with van der Waals surface area (Å²) in [5.74, 6) is 0.857. The average Bonchev–Trinajstić information content (AvgIpc) is 2.80. The quantitative estimate of drug-likeness (QED) is 0.629. The lowest BCUT2D eigenvalue weighted by atomic mass is 10.0. The van der Waals surface area contributed by atoms with Gasteiger partial charge in [0.15, 0.2) is 12.4 Å². The Morgan fingerprint density at radius 3 is 2.87 bits per heavy atom. The van der Waals surface area contributed by atoms with E-state index in [1.54, 1.807) is 12.1 Å². The largest absolute Gasteiger partial charge is 0.619 e. The molecule has 4 nitrogen and oxygen atoms in total. The Balaban J connectivity index is 1.71. The first kappa shape index (κ1) is 15.9. The second kappa shape index (κ2) is 7.04. The number of aryl methyl sites for hydroxylation is 1. The molecule has 2 aromatic rings. The topological polar surface area (TPSA) is 47.2 Å². The minimum atomic E-state index is -0.0544. The maximum absolute atomic E-state index is 12.6. The van der Waals surface area contributed by atoms with E-state index in [0.29, 0.717) is 15.5 Å². The summed E-state index contributed by atoms with van der Waals surface area (Å²) in [6.07, 6.45) is 3.67. The molecule has 0 bridgehead atoms. The number of carbonyl (C=O) groups excluding carboxylic acids is 1. The van der Waals surface area contributed by atoms with E-state index in [1.807, 2.05) is 16.7 Å². The van der Waals surface area contributed by atoms with Gasteiger partial charge in [-0.1, -0.05) is 24.3 Å². The Kier molecular flexibility index (Phi) is 4.86. The highest BCUT2D eigenvalue weighted by Gasteiger charge is 2.24. The normalized spacial score (nSPS) is 18.5. The number of hydrogen-bond donors (Lipinski definition) is 0. The summed E-state index contributed by atoms with van der Waals surface area (Å²) >= 11 is 1.91. The summed E-state index contributed by atoms with van der Waals surface area (Å²) in [7, 11) is 0. The molecule has 120 valence electrons. The SMILES string of the molecule is Cc1ccccc1C1CCN(C(=O)c2ccc[n+]([O-])c2)CCS1. The van der Waals surface area contributed by atoms with Crippen molar-refractivity contribution in [2.75, 3.05) is 18.8 Å². The Labute approximate surface area is 140 Å². The van der Waals surface area contributed by atoms with Gasteiger partial charge in [0.2, 0.25) is 0 Å². The van der Waals surface area contributed by atoms with Gasteiger partial charge in [-0.15, -0.1) is 0 Å². The zero-order chi connectivity index (χ0) is 16.2. The molecule has 1 unspecified atom stereocenters. The van der Waals surface area contributed by atoms with Crippen LogP contribution in [-0.4, -0.2) is 29.6 Å². The van der Waals surface area contributed by atoms with E-state index in [-0.39, 0.29) is 5.91 Å². The van der Waals surface area contributed by atoms with Gasteiger partial charge < -0.3 is 10.1 Å². The number of amides is 1. The van der Waals surface area contributed by atoms with Crippen LogP contribution in [0.3, 0.4) is 0 Å². The molecule has 0 N–H and O–H groups in total. The lowest BCUT2D eigenvalue weighted by Crippen LogP contribution is -2.35. The van der Waals surface area contributed by atoms with Crippen LogP contribution in [0, 0.1) is 12.1 Å². The number of thioether (sulfide) groups is 1. The lowest BCUT2D eigenvalue weighted by molar-refractivity contribution is -0.605. The van der Waals surface area contributed by atoms with E-state index in [1.165, 1.54) is 23.5 Å². The summed E-state index contributed by atoms with van der Waals surface area (Å²) in [5.41, 5.74) is 3.13. The first-order valence-corrected chi connectivity index (χ1v) is 8.85. The molecule has 1 fully saturated rings. The van der Waals surface area contributed by atoms with Gasteiger partial charge in [0, 0.05) is 30.2 Å². The molecule has 1 aliphatic heterocycles. The van der Waals surface area contributed by atoms with Crippen molar-refractivity contribution in [3.63, 3.8) is 0 Å². The van der Waals surface area contributed by atoms with E-state index in [0.717, 1.165) is 25.3 Å². The Morgan fingerprint density at radius 1 is 1.26 bits per heavy atom.